The molecule has 2 aromatic heterocycles. The minimum absolute atomic E-state index is 0.0638. The highest BCUT2D eigenvalue weighted by Gasteiger charge is 2.21. The fourth-order valence-corrected chi connectivity index (χ4v) is 4.22. The summed E-state index contributed by atoms with van der Waals surface area (Å²) in [6, 6.07) is 12.5. The maximum atomic E-state index is 13.4. The highest BCUT2D eigenvalue weighted by Crippen LogP contribution is 2.18. The number of aryl methyl sites for hydroxylation is 2. The minimum atomic E-state index is -0.491. The molecule has 170 valence electrons. The molecule has 0 aliphatic heterocycles. The van der Waals surface area contributed by atoms with Gasteiger partial charge in [-0.25, -0.2) is 14.3 Å². The highest BCUT2D eigenvalue weighted by molar-refractivity contribution is 6.30. The SMILES string of the molecule is Cc1ccc(C(=O)Cn2cnc3c2c(=O)n(CC(C)C)c(=O)n3-c2cccc(Cl)c2)c(C)c1. The molecule has 0 aliphatic rings. The van der Waals surface area contributed by atoms with Gasteiger partial charge in [-0.3, -0.25) is 14.2 Å². The molecule has 0 aliphatic carbocycles. The zero-order valence-electron chi connectivity index (χ0n) is 19.0. The lowest BCUT2D eigenvalue weighted by Crippen LogP contribution is -2.41. The number of rotatable bonds is 6. The second kappa shape index (κ2) is 8.83. The normalized spacial score (nSPS) is 11.5. The predicted molar refractivity (Wildman–Crippen MR) is 130 cm³/mol. The van der Waals surface area contributed by atoms with E-state index in [4.69, 9.17) is 11.6 Å². The Bertz CT molecular complexity index is 1490. The number of imidazole rings is 1. The summed E-state index contributed by atoms with van der Waals surface area (Å²) >= 11 is 6.17. The van der Waals surface area contributed by atoms with Crippen molar-refractivity contribution >= 4 is 28.5 Å². The molecule has 7 nitrogen and oxygen atoms in total. The maximum absolute atomic E-state index is 13.4. The Kier molecular flexibility index (Phi) is 6.08. The molecule has 2 aromatic carbocycles. The zero-order chi connectivity index (χ0) is 23.9. The largest absolute Gasteiger partial charge is 0.337 e. The van der Waals surface area contributed by atoms with E-state index in [1.807, 2.05) is 39.8 Å². The average molecular weight is 465 g/mol. The molecule has 0 amide bonds. The van der Waals surface area contributed by atoms with E-state index in [0.717, 1.165) is 11.1 Å². The Morgan fingerprint density at radius 3 is 2.52 bits per heavy atom. The molecule has 0 spiro atoms. The van der Waals surface area contributed by atoms with Gasteiger partial charge in [-0.1, -0.05) is 55.3 Å². The standard InChI is InChI=1S/C25H25ClN4O3/c1-15(2)12-29-24(32)22-23(30(25(29)33)19-7-5-6-18(26)11-19)27-14-28(22)13-21(31)20-9-8-16(3)10-17(20)4/h5-11,14-15H,12-13H2,1-4H3. The van der Waals surface area contributed by atoms with E-state index in [2.05, 4.69) is 4.98 Å². The third-order valence-corrected chi connectivity index (χ3v) is 5.75. The van der Waals surface area contributed by atoms with E-state index in [9.17, 15) is 14.4 Å². The number of Topliss-reactive ketones (excluding diaryl/α,β-unsaturated/α-hetero) is 1. The van der Waals surface area contributed by atoms with E-state index >= 15 is 0 Å². The lowest BCUT2D eigenvalue weighted by atomic mass is 10.0. The molecule has 2 heterocycles. The molecular formula is C25H25ClN4O3. The van der Waals surface area contributed by atoms with Crippen molar-refractivity contribution in [2.24, 2.45) is 5.92 Å². The van der Waals surface area contributed by atoms with E-state index < -0.39 is 11.2 Å². The minimum Gasteiger partial charge on any atom is -0.317 e. The van der Waals surface area contributed by atoms with Crippen LogP contribution in [0.2, 0.25) is 5.02 Å². The van der Waals surface area contributed by atoms with Crippen molar-refractivity contribution < 1.29 is 4.79 Å². The number of carbonyl (C=O) groups excluding carboxylic acids is 1. The fourth-order valence-electron chi connectivity index (χ4n) is 4.04. The molecule has 33 heavy (non-hydrogen) atoms. The van der Waals surface area contributed by atoms with Gasteiger partial charge in [0.05, 0.1) is 18.6 Å². The first-order valence-corrected chi connectivity index (χ1v) is 11.1. The molecule has 8 heteroatoms. The third-order valence-electron chi connectivity index (χ3n) is 5.51. The third kappa shape index (κ3) is 4.28. The Labute approximate surface area is 195 Å². The van der Waals surface area contributed by atoms with Gasteiger partial charge in [0.15, 0.2) is 16.9 Å². The van der Waals surface area contributed by atoms with Crippen LogP contribution in [0, 0.1) is 19.8 Å². The molecule has 4 rings (SSSR count). The molecule has 0 unspecified atom stereocenters. The summed E-state index contributed by atoms with van der Waals surface area (Å²) in [6.07, 6.45) is 1.44. The molecule has 0 saturated heterocycles. The summed E-state index contributed by atoms with van der Waals surface area (Å²) in [5.74, 6) is -0.0732. The highest BCUT2D eigenvalue weighted by atomic mass is 35.5. The number of hydrogen-bond acceptors (Lipinski definition) is 4. The maximum Gasteiger partial charge on any atom is 0.337 e. The van der Waals surface area contributed by atoms with Gasteiger partial charge in [0.2, 0.25) is 0 Å². The number of halogens is 1. The second-order valence-corrected chi connectivity index (χ2v) is 9.13. The van der Waals surface area contributed by atoms with Crippen molar-refractivity contribution in [3.05, 3.63) is 91.3 Å². The van der Waals surface area contributed by atoms with Crippen LogP contribution in [0.5, 0.6) is 0 Å². The quantitative estimate of drug-likeness (QED) is 0.401. The first-order valence-electron chi connectivity index (χ1n) is 10.7. The van der Waals surface area contributed by atoms with Crippen molar-refractivity contribution in [3.8, 4) is 5.69 Å². The van der Waals surface area contributed by atoms with Crippen molar-refractivity contribution in [3.63, 3.8) is 0 Å². The molecule has 0 saturated carbocycles. The summed E-state index contributed by atoms with van der Waals surface area (Å²) < 4.78 is 4.10. The van der Waals surface area contributed by atoms with Gasteiger partial charge >= 0.3 is 5.69 Å². The summed E-state index contributed by atoms with van der Waals surface area (Å²) in [5.41, 5.74) is 2.47. The molecular weight excluding hydrogens is 440 g/mol. The van der Waals surface area contributed by atoms with Crippen LogP contribution < -0.4 is 11.2 Å². The van der Waals surface area contributed by atoms with Gasteiger partial charge in [0.1, 0.15) is 0 Å². The Hall–Kier alpha value is -3.45. The molecule has 0 bridgehead atoms. The average Bonchev–Trinajstić information content (AvgIpc) is 3.14. The molecule has 0 radical (unpaired) electrons. The van der Waals surface area contributed by atoms with Crippen molar-refractivity contribution in [2.45, 2.75) is 40.8 Å². The van der Waals surface area contributed by atoms with E-state index in [1.165, 1.54) is 20.0 Å². The monoisotopic (exact) mass is 464 g/mol. The van der Waals surface area contributed by atoms with Crippen LogP contribution in [0.1, 0.15) is 35.3 Å². The molecule has 4 aromatic rings. The van der Waals surface area contributed by atoms with Gasteiger partial charge in [-0.05, 0) is 43.5 Å². The number of aromatic nitrogens is 4. The Morgan fingerprint density at radius 1 is 1.09 bits per heavy atom. The van der Waals surface area contributed by atoms with Crippen LogP contribution in [0.3, 0.4) is 0 Å². The Balaban J connectivity index is 1.93. The number of fused-ring (bicyclic) bond motifs is 1. The van der Waals surface area contributed by atoms with Crippen LogP contribution in [0.25, 0.3) is 16.9 Å². The van der Waals surface area contributed by atoms with E-state index in [1.54, 1.807) is 30.3 Å². The van der Waals surface area contributed by atoms with Gasteiger partial charge in [-0.2, -0.15) is 0 Å². The van der Waals surface area contributed by atoms with Crippen molar-refractivity contribution in [2.75, 3.05) is 0 Å². The smallest absolute Gasteiger partial charge is 0.317 e. The number of ketones is 1. The molecule has 0 N–H and O–H groups in total. The van der Waals surface area contributed by atoms with Crippen LogP contribution in [0.4, 0.5) is 0 Å². The molecule has 0 fully saturated rings. The lowest BCUT2D eigenvalue weighted by Gasteiger charge is -2.14. The molecule has 0 atom stereocenters. The number of benzene rings is 2. The predicted octanol–water partition coefficient (Wildman–Crippen LogP) is 4.16. The van der Waals surface area contributed by atoms with Gasteiger partial charge in [0, 0.05) is 17.1 Å². The Morgan fingerprint density at radius 2 is 1.85 bits per heavy atom. The van der Waals surface area contributed by atoms with Gasteiger partial charge < -0.3 is 4.57 Å². The first-order chi connectivity index (χ1) is 15.7. The summed E-state index contributed by atoms with van der Waals surface area (Å²) in [7, 11) is 0. The van der Waals surface area contributed by atoms with Crippen molar-refractivity contribution in [1.29, 1.82) is 0 Å². The lowest BCUT2D eigenvalue weighted by molar-refractivity contribution is 0.0972. The van der Waals surface area contributed by atoms with Crippen LogP contribution in [-0.4, -0.2) is 24.5 Å². The summed E-state index contributed by atoms with van der Waals surface area (Å²) in [6.45, 7) is 7.90. The zero-order valence-corrected chi connectivity index (χ0v) is 19.8. The van der Waals surface area contributed by atoms with Crippen LogP contribution in [0.15, 0.2) is 58.4 Å². The second-order valence-electron chi connectivity index (χ2n) is 8.69. The van der Waals surface area contributed by atoms with Crippen LogP contribution >= 0.6 is 11.6 Å². The topological polar surface area (TPSA) is 78.9 Å². The summed E-state index contributed by atoms with van der Waals surface area (Å²) in [5, 5.41) is 0.457. The van der Waals surface area contributed by atoms with Gasteiger partial charge in [-0.15, -0.1) is 0 Å². The van der Waals surface area contributed by atoms with E-state index in [0.29, 0.717) is 16.3 Å². The van der Waals surface area contributed by atoms with Crippen molar-refractivity contribution in [1.82, 2.24) is 18.7 Å². The number of hydrogen-bond donors (Lipinski definition) is 0. The fraction of sp³-hybridized carbons (Fsp3) is 0.280. The number of nitrogens with zero attached hydrogens (tertiary/aromatic N) is 4. The first kappa shape index (κ1) is 22.7. The van der Waals surface area contributed by atoms with E-state index in [-0.39, 0.29) is 36.0 Å². The van der Waals surface area contributed by atoms with Crippen LogP contribution in [-0.2, 0) is 13.1 Å². The summed E-state index contributed by atoms with van der Waals surface area (Å²) in [4.78, 5) is 44.2. The number of carbonyl (C=O) groups is 1. The van der Waals surface area contributed by atoms with Gasteiger partial charge in [0.25, 0.3) is 5.56 Å².